The summed E-state index contributed by atoms with van der Waals surface area (Å²) in [6.45, 7) is 2.22. The number of carbonyl (C=O) groups is 1. The first-order valence-electron chi connectivity index (χ1n) is 5.75. The quantitative estimate of drug-likeness (QED) is 0.776. The van der Waals surface area contributed by atoms with E-state index in [4.69, 9.17) is 0 Å². The molecule has 0 aliphatic heterocycles. The third-order valence-electron chi connectivity index (χ3n) is 2.93. The number of pyridine rings is 1. The van der Waals surface area contributed by atoms with E-state index in [0.29, 0.717) is 0 Å². The largest absolute Gasteiger partial charge is 0.468 e. The van der Waals surface area contributed by atoms with Crippen molar-refractivity contribution < 1.29 is 9.53 Å². The molecule has 1 heterocycles. The van der Waals surface area contributed by atoms with Crippen molar-refractivity contribution in [3.05, 3.63) is 36.0 Å². The fourth-order valence-corrected chi connectivity index (χ4v) is 1.96. The van der Waals surface area contributed by atoms with Crippen molar-refractivity contribution in [3.63, 3.8) is 0 Å². The summed E-state index contributed by atoms with van der Waals surface area (Å²) < 4.78 is 4.67. The van der Waals surface area contributed by atoms with Crippen molar-refractivity contribution >= 4 is 22.6 Å². The smallest absolute Gasteiger partial charge is 0.325 e. The van der Waals surface area contributed by atoms with Gasteiger partial charge < -0.3 is 9.64 Å². The van der Waals surface area contributed by atoms with Crippen LogP contribution in [0.15, 0.2) is 30.5 Å². The minimum absolute atomic E-state index is 0.191. The number of carbonyl (C=O) groups excluding carboxylic acids is 1. The third kappa shape index (κ3) is 2.27. The van der Waals surface area contributed by atoms with Gasteiger partial charge in [-0.1, -0.05) is 24.3 Å². The Morgan fingerprint density at radius 1 is 1.33 bits per heavy atom. The zero-order chi connectivity index (χ0) is 13.1. The van der Waals surface area contributed by atoms with Crippen LogP contribution in [0.1, 0.15) is 5.56 Å². The van der Waals surface area contributed by atoms with Gasteiger partial charge in [0.15, 0.2) is 0 Å². The number of methoxy groups -OCH3 is 1. The second-order valence-electron chi connectivity index (χ2n) is 4.24. The molecule has 0 amide bonds. The highest BCUT2D eigenvalue weighted by molar-refractivity contribution is 5.95. The lowest BCUT2D eigenvalue weighted by Gasteiger charge is -2.19. The molecule has 1 aromatic carbocycles. The molecule has 0 unspecified atom stereocenters. The van der Waals surface area contributed by atoms with Gasteiger partial charge in [0.1, 0.15) is 12.4 Å². The SMILES string of the molecule is COC(=O)CN(C)c1ncc(C)c2ccccc12. The number of benzene rings is 1. The standard InChI is InChI=1S/C14H16N2O2/c1-10-8-15-14(16(2)9-13(17)18-3)12-7-5-4-6-11(10)12/h4-8H,9H2,1-3H3. The summed E-state index contributed by atoms with van der Waals surface area (Å²) in [4.78, 5) is 17.5. The number of ether oxygens (including phenoxy) is 1. The Hall–Kier alpha value is -2.10. The highest BCUT2D eigenvalue weighted by atomic mass is 16.5. The Bertz CT molecular complexity index is 581. The maximum Gasteiger partial charge on any atom is 0.325 e. The number of anilines is 1. The van der Waals surface area contributed by atoms with Crippen LogP contribution in [-0.4, -0.2) is 31.7 Å². The summed E-state index contributed by atoms with van der Waals surface area (Å²) in [5.41, 5.74) is 1.13. The lowest BCUT2D eigenvalue weighted by molar-refractivity contribution is -0.138. The number of hydrogen-bond donors (Lipinski definition) is 0. The van der Waals surface area contributed by atoms with Gasteiger partial charge in [0.2, 0.25) is 0 Å². The van der Waals surface area contributed by atoms with Crippen molar-refractivity contribution in [2.45, 2.75) is 6.92 Å². The minimum Gasteiger partial charge on any atom is -0.468 e. The molecule has 94 valence electrons. The summed E-state index contributed by atoms with van der Waals surface area (Å²) in [5, 5.41) is 2.20. The summed E-state index contributed by atoms with van der Waals surface area (Å²) in [5.74, 6) is 0.519. The molecular weight excluding hydrogens is 228 g/mol. The molecule has 2 aromatic rings. The molecule has 1 aromatic heterocycles. The van der Waals surface area contributed by atoms with E-state index in [2.05, 4.69) is 15.8 Å². The van der Waals surface area contributed by atoms with Crippen molar-refractivity contribution in [2.75, 3.05) is 25.6 Å². The average molecular weight is 244 g/mol. The van der Waals surface area contributed by atoms with Crippen molar-refractivity contribution in [2.24, 2.45) is 0 Å². The van der Waals surface area contributed by atoms with Crippen LogP contribution in [0.25, 0.3) is 10.8 Å². The first kappa shape index (κ1) is 12.4. The Balaban J connectivity index is 2.45. The van der Waals surface area contributed by atoms with Crippen LogP contribution < -0.4 is 4.90 Å². The van der Waals surface area contributed by atoms with Gasteiger partial charge in [-0.05, 0) is 17.9 Å². The molecule has 2 rings (SSSR count). The molecule has 0 N–H and O–H groups in total. The zero-order valence-electron chi connectivity index (χ0n) is 10.8. The van der Waals surface area contributed by atoms with Gasteiger partial charge >= 0.3 is 5.97 Å². The maximum atomic E-state index is 11.3. The summed E-state index contributed by atoms with van der Waals surface area (Å²) in [6.07, 6.45) is 1.82. The van der Waals surface area contributed by atoms with Crippen LogP contribution in [0.2, 0.25) is 0 Å². The van der Waals surface area contributed by atoms with Crippen LogP contribution in [-0.2, 0) is 9.53 Å². The van der Waals surface area contributed by atoms with E-state index in [0.717, 1.165) is 22.2 Å². The van der Waals surface area contributed by atoms with Crippen molar-refractivity contribution in [1.82, 2.24) is 4.98 Å². The van der Waals surface area contributed by atoms with Gasteiger partial charge in [0.25, 0.3) is 0 Å². The second kappa shape index (κ2) is 5.04. The Kier molecular flexibility index (Phi) is 3.46. The van der Waals surface area contributed by atoms with E-state index in [1.807, 2.05) is 38.4 Å². The van der Waals surface area contributed by atoms with Crippen LogP contribution in [0.5, 0.6) is 0 Å². The van der Waals surface area contributed by atoms with Gasteiger partial charge in [-0.15, -0.1) is 0 Å². The highest BCUT2D eigenvalue weighted by Gasteiger charge is 2.12. The molecule has 0 aliphatic carbocycles. The van der Waals surface area contributed by atoms with E-state index in [9.17, 15) is 4.79 Å². The number of aryl methyl sites for hydroxylation is 1. The van der Waals surface area contributed by atoms with Crippen LogP contribution in [0, 0.1) is 6.92 Å². The highest BCUT2D eigenvalue weighted by Crippen LogP contribution is 2.25. The number of rotatable bonds is 3. The van der Waals surface area contributed by atoms with Gasteiger partial charge in [-0.3, -0.25) is 4.79 Å². The molecule has 0 bridgehead atoms. The third-order valence-corrected chi connectivity index (χ3v) is 2.93. The average Bonchev–Trinajstić information content (AvgIpc) is 2.39. The predicted molar refractivity (Wildman–Crippen MR) is 71.8 cm³/mol. The molecular formula is C14H16N2O2. The number of likely N-dealkylation sites (N-methyl/N-ethyl adjacent to an activating group) is 1. The fourth-order valence-electron chi connectivity index (χ4n) is 1.96. The Morgan fingerprint density at radius 3 is 2.67 bits per heavy atom. The molecule has 0 fully saturated rings. The lowest BCUT2D eigenvalue weighted by atomic mass is 10.1. The van der Waals surface area contributed by atoms with Crippen molar-refractivity contribution in [1.29, 1.82) is 0 Å². The molecule has 0 spiro atoms. The number of aromatic nitrogens is 1. The van der Waals surface area contributed by atoms with E-state index >= 15 is 0 Å². The van der Waals surface area contributed by atoms with E-state index < -0.39 is 0 Å². The molecule has 4 heteroatoms. The minimum atomic E-state index is -0.274. The normalized spacial score (nSPS) is 10.4. The monoisotopic (exact) mass is 244 g/mol. The Morgan fingerprint density at radius 2 is 2.00 bits per heavy atom. The first-order chi connectivity index (χ1) is 8.63. The first-order valence-corrected chi connectivity index (χ1v) is 5.75. The molecule has 0 atom stereocenters. The van der Waals surface area contributed by atoms with E-state index in [1.165, 1.54) is 7.11 Å². The zero-order valence-corrected chi connectivity index (χ0v) is 10.8. The summed E-state index contributed by atoms with van der Waals surface area (Å²) >= 11 is 0. The lowest BCUT2D eigenvalue weighted by Crippen LogP contribution is -2.27. The molecule has 18 heavy (non-hydrogen) atoms. The van der Waals surface area contributed by atoms with Gasteiger partial charge in [0, 0.05) is 18.6 Å². The number of fused-ring (bicyclic) bond motifs is 1. The topological polar surface area (TPSA) is 42.4 Å². The number of esters is 1. The maximum absolute atomic E-state index is 11.3. The van der Waals surface area contributed by atoms with Gasteiger partial charge in [0.05, 0.1) is 7.11 Å². The molecule has 0 saturated heterocycles. The van der Waals surface area contributed by atoms with Gasteiger partial charge in [-0.2, -0.15) is 0 Å². The van der Waals surface area contributed by atoms with E-state index in [-0.39, 0.29) is 12.5 Å². The van der Waals surface area contributed by atoms with Gasteiger partial charge in [-0.25, -0.2) is 4.98 Å². The molecule has 0 radical (unpaired) electrons. The van der Waals surface area contributed by atoms with Crippen LogP contribution in [0.4, 0.5) is 5.82 Å². The number of hydrogen-bond acceptors (Lipinski definition) is 4. The number of nitrogens with zero attached hydrogens (tertiary/aromatic N) is 2. The summed E-state index contributed by atoms with van der Waals surface area (Å²) in [6, 6.07) is 8.04. The van der Waals surface area contributed by atoms with E-state index in [1.54, 1.807) is 4.90 Å². The second-order valence-corrected chi connectivity index (χ2v) is 4.24. The molecule has 4 nitrogen and oxygen atoms in total. The van der Waals surface area contributed by atoms with Crippen LogP contribution in [0.3, 0.4) is 0 Å². The van der Waals surface area contributed by atoms with Crippen molar-refractivity contribution in [3.8, 4) is 0 Å². The summed E-state index contributed by atoms with van der Waals surface area (Å²) in [7, 11) is 3.22. The fraction of sp³-hybridized carbons (Fsp3) is 0.286. The molecule has 0 aliphatic rings. The predicted octanol–water partition coefficient (Wildman–Crippen LogP) is 2.15. The Labute approximate surface area is 106 Å². The van der Waals surface area contributed by atoms with Crippen LogP contribution >= 0.6 is 0 Å². The molecule has 0 saturated carbocycles.